The molecule has 0 saturated carbocycles. The molecule has 4 heteroatoms. The van der Waals surface area contributed by atoms with Gasteiger partial charge in [-0.15, -0.1) is 0 Å². The molecule has 0 aliphatic heterocycles. The van der Waals surface area contributed by atoms with Crippen molar-refractivity contribution in [2.24, 2.45) is 0 Å². The Hall–Kier alpha value is -2.07. The topological polar surface area (TPSA) is 32.3 Å². The van der Waals surface area contributed by atoms with Gasteiger partial charge < -0.3 is 10.2 Å². The Morgan fingerprint density at radius 1 is 1.05 bits per heavy atom. The molecular formula is C17H17BrN2O. The Balaban J connectivity index is 1.95. The summed E-state index contributed by atoms with van der Waals surface area (Å²) in [5.41, 5.74) is 2.75. The van der Waals surface area contributed by atoms with E-state index >= 15 is 0 Å². The third-order valence-electron chi connectivity index (χ3n) is 3.00. The van der Waals surface area contributed by atoms with Crippen LogP contribution >= 0.6 is 15.9 Å². The normalized spacial score (nSPS) is 10.6. The first-order valence-electron chi connectivity index (χ1n) is 6.56. The average molecular weight is 345 g/mol. The molecule has 1 N–H and O–H groups in total. The summed E-state index contributed by atoms with van der Waals surface area (Å²) in [5.74, 6) is -0.0279. The number of allylic oxidation sites excluding steroid dienone is 1. The fourth-order valence-corrected chi connectivity index (χ4v) is 2.04. The van der Waals surface area contributed by atoms with E-state index in [2.05, 4.69) is 21.2 Å². The minimum absolute atomic E-state index is 0.0279. The standard InChI is InChI=1S/C17H17BrN2O/c1-20(2)16-9-7-15(8-10-16)19-12-11-17(21)13-3-5-14(18)6-4-13/h3-12,19H,1-2H3. The van der Waals surface area contributed by atoms with E-state index in [0.29, 0.717) is 5.56 Å². The van der Waals surface area contributed by atoms with Gasteiger partial charge in [-0.3, -0.25) is 4.79 Å². The van der Waals surface area contributed by atoms with Crippen molar-refractivity contribution in [2.45, 2.75) is 0 Å². The zero-order valence-corrected chi connectivity index (χ0v) is 13.6. The second-order valence-corrected chi connectivity index (χ2v) is 5.71. The van der Waals surface area contributed by atoms with Gasteiger partial charge in [0.05, 0.1) is 0 Å². The van der Waals surface area contributed by atoms with Crippen molar-refractivity contribution in [3.8, 4) is 0 Å². The number of hydrogen-bond donors (Lipinski definition) is 1. The molecule has 0 fully saturated rings. The molecular weight excluding hydrogens is 328 g/mol. The van der Waals surface area contributed by atoms with Crippen LogP contribution < -0.4 is 10.2 Å². The zero-order valence-electron chi connectivity index (χ0n) is 12.0. The zero-order chi connectivity index (χ0) is 15.2. The number of rotatable bonds is 5. The summed E-state index contributed by atoms with van der Waals surface area (Å²) in [6.07, 6.45) is 3.19. The molecule has 0 amide bonds. The SMILES string of the molecule is CN(C)c1ccc(NC=CC(=O)c2ccc(Br)cc2)cc1. The maximum absolute atomic E-state index is 11.9. The van der Waals surface area contributed by atoms with E-state index in [1.54, 1.807) is 18.3 Å². The minimum Gasteiger partial charge on any atom is -0.378 e. The van der Waals surface area contributed by atoms with E-state index in [1.807, 2.05) is 55.4 Å². The van der Waals surface area contributed by atoms with Crippen molar-refractivity contribution in [1.29, 1.82) is 0 Å². The van der Waals surface area contributed by atoms with Crippen LogP contribution in [0.1, 0.15) is 10.4 Å². The third kappa shape index (κ3) is 4.46. The Morgan fingerprint density at radius 3 is 2.24 bits per heavy atom. The molecule has 21 heavy (non-hydrogen) atoms. The quantitative estimate of drug-likeness (QED) is 0.647. The van der Waals surface area contributed by atoms with E-state index in [4.69, 9.17) is 0 Å². The number of carbonyl (C=O) groups excluding carboxylic acids is 1. The van der Waals surface area contributed by atoms with E-state index in [9.17, 15) is 4.79 Å². The van der Waals surface area contributed by atoms with Gasteiger partial charge in [0.2, 0.25) is 0 Å². The van der Waals surface area contributed by atoms with Crippen molar-refractivity contribution in [1.82, 2.24) is 0 Å². The molecule has 0 spiro atoms. The summed E-state index contributed by atoms with van der Waals surface area (Å²) in [7, 11) is 4.00. The summed E-state index contributed by atoms with van der Waals surface area (Å²) in [6.45, 7) is 0. The van der Waals surface area contributed by atoms with Crippen molar-refractivity contribution in [3.63, 3.8) is 0 Å². The number of hydrogen-bond acceptors (Lipinski definition) is 3. The first-order chi connectivity index (χ1) is 10.1. The fourth-order valence-electron chi connectivity index (χ4n) is 1.78. The lowest BCUT2D eigenvalue weighted by Gasteiger charge is -2.12. The van der Waals surface area contributed by atoms with Crippen LogP contribution in [0, 0.1) is 0 Å². The van der Waals surface area contributed by atoms with Gasteiger partial charge in [-0.1, -0.05) is 15.9 Å². The van der Waals surface area contributed by atoms with Gasteiger partial charge in [0.15, 0.2) is 5.78 Å². The molecule has 108 valence electrons. The van der Waals surface area contributed by atoms with Crippen molar-refractivity contribution in [2.75, 3.05) is 24.3 Å². The van der Waals surface area contributed by atoms with E-state index in [1.165, 1.54) is 6.08 Å². The van der Waals surface area contributed by atoms with Crippen LogP contribution in [-0.2, 0) is 0 Å². The van der Waals surface area contributed by atoms with Gasteiger partial charge >= 0.3 is 0 Å². The highest BCUT2D eigenvalue weighted by molar-refractivity contribution is 9.10. The lowest BCUT2D eigenvalue weighted by molar-refractivity contribution is 0.104. The van der Waals surface area contributed by atoms with Crippen LogP contribution in [0.3, 0.4) is 0 Å². The van der Waals surface area contributed by atoms with Gasteiger partial charge in [0.25, 0.3) is 0 Å². The Morgan fingerprint density at radius 2 is 1.67 bits per heavy atom. The highest BCUT2D eigenvalue weighted by Gasteiger charge is 2.00. The molecule has 0 aliphatic rings. The first-order valence-corrected chi connectivity index (χ1v) is 7.36. The number of carbonyl (C=O) groups is 1. The number of ketones is 1. The smallest absolute Gasteiger partial charge is 0.187 e. The fraction of sp³-hybridized carbons (Fsp3) is 0.118. The molecule has 0 radical (unpaired) electrons. The van der Waals surface area contributed by atoms with Crippen molar-refractivity contribution >= 4 is 33.1 Å². The monoisotopic (exact) mass is 344 g/mol. The molecule has 0 aromatic heterocycles. The van der Waals surface area contributed by atoms with E-state index in [0.717, 1.165) is 15.8 Å². The van der Waals surface area contributed by atoms with Crippen LogP contribution in [0.5, 0.6) is 0 Å². The molecule has 2 aromatic rings. The van der Waals surface area contributed by atoms with Crippen molar-refractivity contribution < 1.29 is 4.79 Å². The summed E-state index contributed by atoms with van der Waals surface area (Å²) in [4.78, 5) is 14.0. The molecule has 2 rings (SSSR count). The highest BCUT2D eigenvalue weighted by atomic mass is 79.9. The lowest BCUT2D eigenvalue weighted by Crippen LogP contribution is -2.08. The number of halogens is 1. The molecule has 2 aromatic carbocycles. The van der Waals surface area contributed by atoms with Gasteiger partial charge in [-0.25, -0.2) is 0 Å². The first kappa shape index (κ1) is 15.3. The predicted octanol–water partition coefficient (Wildman–Crippen LogP) is 4.32. The average Bonchev–Trinajstić information content (AvgIpc) is 2.48. The number of benzene rings is 2. The summed E-state index contributed by atoms with van der Waals surface area (Å²) in [5, 5.41) is 3.09. The third-order valence-corrected chi connectivity index (χ3v) is 3.53. The Labute approximate surface area is 133 Å². The molecule has 3 nitrogen and oxygen atoms in total. The van der Waals surface area contributed by atoms with E-state index < -0.39 is 0 Å². The Kier molecular flexibility index (Phi) is 5.17. The van der Waals surface area contributed by atoms with E-state index in [-0.39, 0.29) is 5.78 Å². The second-order valence-electron chi connectivity index (χ2n) is 4.79. The van der Waals surface area contributed by atoms with Crippen LogP contribution in [0.25, 0.3) is 0 Å². The number of nitrogens with zero attached hydrogens (tertiary/aromatic N) is 1. The van der Waals surface area contributed by atoms with Crippen LogP contribution in [0.15, 0.2) is 65.3 Å². The van der Waals surface area contributed by atoms with Crippen molar-refractivity contribution in [3.05, 3.63) is 70.8 Å². The van der Waals surface area contributed by atoms with Gasteiger partial charge in [-0.05, 0) is 48.5 Å². The summed E-state index contributed by atoms with van der Waals surface area (Å²) in [6, 6.07) is 15.3. The second kappa shape index (κ2) is 7.09. The van der Waals surface area contributed by atoms with Crippen LogP contribution in [-0.4, -0.2) is 19.9 Å². The summed E-state index contributed by atoms with van der Waals surface area (Å²) < 4.78 is 0.960. The minimum atomic E-state index is -0.0279. The number of anilines is 2. The van der Waals surface area contributed by atoms with Gasteiger partial charge in [-0.2, -0.15) is 0 Å². The van der Waals surface area contributed by atoms with Gasteiger partial charge in [0, 0.05) is 47.8 Å². The maximum atomic E-state index is 11.9. The maximum Gasteiger partial charge on any atom is 0.187 e. The molecule has 0 unspecified atom stereocenters. The number of nitrogens with one attached hydrogen (secondary N) is 1. The highest BCUT2D eigenvalue weighted by Crippen LogP contribution is 2.15. The molecule has 0 aliphatic carbocycles. The van der Waals surface area contributed by atoms with Gasteiger partial charge in [0.1, 0.15) is 0 Å². The Bertz CT molecular complexity index is 631. The molecule has 0 saturated heterocycles. The largest absolute Gasteiger partial charge is 0.378 e. The van der Waals surface area contributed by atoms with Crippen LogP contribution in [0.4, 0.5) is 11.4 Å². The molecule has 0 heterocycles. The summed E-state index contributed by atoms with van der Waals surface area (Å²) >= 11 is 3.35. The lowest BCUT2D eigenvalue weighted by atomic mass is 10.1. The molecule has 0 atom stereocenters. The molecule has 0 bridgehead atoms. The van der Waals surface area contributed by atoms with Crippen LogP contribution in [0.2, 0.25) is 0 Å². The predicted molar refractivity (Wildman–Crippen MR) is 92.0 cm³/mol.